The van der Waals surface area contributed by atoms with Crippen molar-refractivity contribution in [3.63, 3.8) is 0 Å². The van der Waals surface area contributed by atoms with Crippen molar-refractivity contribution in [3.05, 3.63) is 82.6 Å². The number of amides is 4. The van der Waals surface area contributed by atoms with Crippen LogP contribution in [0, 0.1) is 34.9 Å². The monoisotopic (exact) mass is 572 g/mol. The molecular weight excluding hydrogens is 547 g/mol. The molecule has 7 nitrogen and oxygen atoms in total. The Morgan fingerprint density at radius 1 is 0.951 bits per heavy atom. The third-order valence-electron chi connectivity index (χ3n) is 9.90. The van der Waals surface area contributed by atoms with Crippen LogP contribution in [0.1, 0.15) is 31.2 Å². The minimum Gasteiger partial charge on any atom is -0.507 e. The predicted molar refractivity (Wildman–Crippen MR) is 149 cm³/mol. The van der Waals surface area contributed by atoms with Crippen LogP contribution in [0.3, 0.4) is 0 Å². The van der Waals surface area contributed by atoms with Crippen LogP contribution in [-0.2, 0) is 19.2 Å². The minimum atomic E-state index is -1.26. The lowest BCUT2D eigenvalue weighted by molar-refractivity contribution is -0.138. The molecule has 0 aromatic heterocycles. The maximum atomic E-state index is 14.5. The van der Waals surface area contributed by atoms with Gasteiger partial charge < -0.3 is 5.11 Å². The fourth-order valence-corrected chi connectivity index (χ4v) is 8.12. The largest absolute Gasteiger partial charge is 0.507 e. The Bertz CT molecular complexity index is 1750. The van der Waals surface area contributed by atoms with Crippen LogP contribution in [0.4, 0.5) is 10.1 Å². The van der Waals surface area contributed by atoms with Crippen molar-refractivity contribution < 1.29 is 28.7 Å². The highest BCUT2D eigenvalue weighted by molar-refractivity contribution is 6.31. The molecule has 1 saturated carbocycles. The minimum absolute atomic E-state index is 0.0886. The molecule has 0 bridgehead atoms. The van der Waals surface area contributed by atoms with Gasteiger partial charge in [-0.25, -0.2) is 9.29 Å². The average molecular weight is 573 g/mol. The van der Waals surface area contributed by atoms with Gasteiger partial charge in [-0.1, -0.05) is 53.6 Å². The van der Waals surface area contributed by atoms with Gasteiger partial charge in [-0.05, 0) is 60.9 Å². The topological polar surface area (TPSA) is 95.0 Å². The van der Waals surface area contributed by atoms with Crippen LogP contribution >= 0.6 is 11.6 Å². The van der Waals surface area contributed by atoms with Gasteiger partial charge >= 0.3 is 0 Å². The zero-order valence-electron chi connectivity index (χ0n) is 22.3. The van der Waals surface area contributed by atoms with E-state index in [1.807, 2.05) is 24.3 Å². The first-order valence-corrected chi connectivity index (χ1v) is 14.0. The Balaban J connectivity index is 1.47. The van der Waals surface area contributed by atoms with Crippen molar-refractivity contribution >= 4 is 51.7 Å². The Hall–Kier alpha value is -4.04. The average Bonchev–Trinajstić information content (AvgIpc) is 3.30. The molecule has 41 heavy (non-hydrogen) atoms. The summed E-state index contributed by atoms with van der Waals surface area (Å²) in [6, 6.07) is 14.4. The Morgan fingerprint density at radius 3 is 2.41 bits per heavy atom. The number of fused-ring (bicyclic) bond motifs is 5. The standard InChI is InChI=1S/C32H26ClFN2O5/c1-32-22(29(39)36(31(32)41)15-7-11-24(34)23(33)13-15)14-21-19(8-9-20-26(21)30(40)35(2)28(20)38)27(32)18-10-12-25(37)17-6-4-3-5-16(17)18/h3-8,10-13,20-22,26-27,37H,9,14H2,1-2H3/t20-,21+,22-,26-,27-,32+/m0/s1. The van der Waals surface area contributed by atoms with Crippen LogP contribution in [0.5, 0.6) is 5.75 Å². The van der Waals surface area contributed by atoms with Crippen molar-refractivity contribution in [2.75, 3.05) is 11.9 Å². The van der Waals surface area contributed by atoms with Crippen LogP contribution in [0.2, 0.25) is 5.02 Å². The number of anilines is 1. The van der Waals surface area contributed by atoms with Gasteiger partial charge in [0, 0.05) is 18.4 Å². The van der Waals surface area contributed by atoms with E-state index in [1.54, 1.807) is 25.1 Å². The van der Waals surface area contributed by atoms with Crippen molar-refractivity contribution in [1.29, 1.82) is 0 Å². The summed E-state index contributed by atoms with van der Waals surface area (Å²) in [5, 5.41) is 11.8. The molecule has 7 rings (SSSR count). The third-order valence-corrected chi connectivity index (χ3v) is 10.2. The Labute approximate surface area is 240 Å². The highest BCUT2D eigenvalue weighted by Crippen LogP contribution is 2.64. The van der Waals surface area contributed by atoms with Crippen molar-refractivity contribution in [1.82, 2.24) is 4.90 Å². The smallest absolute Gasteiger partial charge is 0.241 e. The van der Waals surface area contributed by atoms with Gasteiger partial charge in [0.1, 0.15) is 11.6 Å². The molecule has 9 heteroatoms. The van der Waals surface area contributed by atoms with Gasteiger partial charge in [-0.15, -0.1) is 0 Å². The molecule has 3 aromatic carbocycles. The molecule has 4 amide bonds. The highest BCUT2D eigenvalue weighted by Gasteiger charge is 2.67. The second-order valence-corrected chi connectivity index (χ2v) is 12.1. The first kappa shape index (κ1) is 25.9. The number of allylic oxidation sites excluding steroid dienone is 2. The van der Waals surface area contributed by atoms with Crippen molar-refractivity contribution in [2.24, 2.45) is 29.1 Å². The number of hydrogen-bond donors (Lipinski definition) is 1. The number of carbonyl (C=O) groups is 4. The van der Waals surface area contributed by atoms with Crippen LogP contribution in [0.25, 0.3) is 10.8 Å². The van der Waals surface area contributed by atoms with Crippen molar-refractivity contribution in [3.8, 4) is 5.75 Å². The highest BCUT2D eigenvalue weighted by atomic mass is 35.5. The van der Waals surface area contributed by atoms with Crippen LogP contribution in [-0.4, -0.2) is 40.7 Å². The number of benzene rings is 3. The van der Waals surface area contributed by atoms with E-state index in [0.717, 1.165) is 27.5 Å². The fraction of sp³-hybridized carbons (Fsp3) is 0.312. The summed E-state index contributed by atoms with van der Waals surface area (Å²) in [4.78, 5) is 57.3. The third kappa shape index (κ3) is 3.31. The SMILES string of the molecule is CN1C(=O)[C@H]2[C@H](CC=C3[C@H]2C[C@H]2C(=O)N(c4ccc(F)c(Cl)c4)C(=O)[C@@]2(C)[C@H]3c2ccc(O)c3ccccc23)C1=O. The van der Waals surface area contributed by atoms with E-state index in [4.69, 9.17) is 11.6 Å². The number of halogens is 2. The van der Waals surface area contributed by atoms with Gasteiger partial charge in [-0.3, -0.25) is 24.1 Å². The maximum Gasteiger partial charge on any atom is 0.241 e. The lowest BCUT2D eigenvalue weighted by Gasteiger charge is -2.49. The lowest BCUT2D eigenvalue weighted by Crippen LogP contribution is -2.48. The van der Waals surface area contributed by atoms with Crippen LogP contribution < -0.4 is 4.90 Å². The summed E-state index contributed by atoms with van der Waals surface area (Å²) < 4.78 is 14.0. The molecule has 1 N–H and O–H groups in total. The van der Waals surface area contributed by atoms with Crippen molar-refractivity contribution in [2.45, 2.75) is 25.7 Å². The molecule has 2 aliphatic carbocycles. The first-order chi connectivity index (χ1) is 19.6. The summed E-state index contributed by atoms with van der Waals surface area (Å²) in [6.45, 7) is 1.78. The molecule has 0 radical (unpaired) electrons. The number of phenols is 1. The summed E-state index contributed by atoms with van der Waals surface area (Å²) in [5.74, 6) is -4.96. The lowest BCUT2D eigenvalue weighted by atomic mass is 9.51. The molecule has 3 fully saturated rings. The van der Waals surface area contributed by atoms with E-state index in [1.165, 1.54) is 24.1 Å². The molecule has 208 valence electrons. The first-order valence-electron chi connectivity index (χ1n) is 13.6. The zero-order valence-corrected chi connectivity index (χ0v) is 23.1. The molecule has 2 saturated heterocycles. The quantitative estimate of drug-likeness (QED) is 0.336. The van der Waals surface area contributed by atoms with E-state index in [9.17, 15) is 28.7 Å². The maximum absolute atomic E-state index is 14.5. The van der Waals surface area contributed by atoms with E-state index in [-0.39, 0.29) is 34.7 Å². The second-order valence-electron chi connectivity index (χ2n) is 11.7. The zero-order chi connectivity index (χ0) is 29.0. The van der Waals surface area contributed by atoms with Crippen LogP contribution in [0.15, 0.2) is 66.2 Å². The molecular formula is C32H26ClFN2O5. The second kappa shape index (κ2) is 8.73. The van der Waals surface area contributed by atoms with E-state index < -0.39 is 52.6 Å². The number of imide groups is 2. The van der Waals surface area contributed by atoms with Gasteiger partial charge in [0.15, 0.2) is 0 Å². The number of rotatable bonds is 2. The molecule has 0 unspecified atom stereocenters. The number of nitrogens with zero attached hydrogens (tertiary/aromatic N) is 2. The summed E-state index contributed by atoms with van der Waals surface area (Å²) in [7, 11) is 1.49. The van der Waals surface area contributed by atoms with Gasteiger partial charge in [0.25, 0.3) is 0 Å². The number of aromatic hydroxyl groups is 1. The van der Waals surface area contributed by atoms with Gasteiger partial charge in [0.2, 0.25) is 23.6 Å². The Kier molecular flexibility index (Phi) is 5.51. The molecule has 2 heterocycles. The summed E-state index contributed by atoms with van der Waals surface area (Å²) in [5.41, 5.74) is 0.533. The predicted octanol–water partition coefficient (Wildman–Crippen LogP) is 5.20. The number of carbonyl (C=O) groups excluding carboxylic acids is 4. The van der Waals surface area contributed by atoms with E-state index >= 15 is 0 Å². The summed E-state index contributed by atoms with van der Waals surface area (Å²) >= 11 is 6.05. The molecule has 4 aliphatic rings. The normalized spacial score (nSPS) is 30.9. The van der Waals surface area contributed by atoms with Gasteiger partial charge in [0.05, 0.1) is 33.9 Å². The fourth-order valence-electron chi connectivity index (χ4n) is 7.95. The molecule has 3 aromatic rings. The molecule has 6 atom stereocenters. The number of hydrogen-bond acceptors (Lipinski definition) is 5. The van der Waals surface area contributed by atoms with E-state index in [2.05, 4.69) is 0 Å². The number of phenolic OH excluding ortho intramolecular Hbond substituents is 1. The Morgan fingerprint density at radius 2 is 1.68 bits per heavy atom. The van der Waals surface area contributed by atoms with E-state index in [0.29, 0.717) is 11.8 Å². The van der Waals surface area contributed by atoms with Gasteiger partial charge in [-0.2, -0.15) is 0 Å². The molecule has 2 aliphatic heterocycles. The molecule has 0 spiro atoms. The number of likely N-dealkylation sites (tertiary alicyclic amines) is 1. The summed E-state index contributed by atoms with van der Waals surface area (Å²) in [6.07, 6.45) is 2.57.